The van der Waals surface area contributed by atoms with E-state index in [1.807, 2.05) is 18.7 Å². The Morgan fingerprint density at radius 2 is 1.85 bits per heavy atom. The van der Waals surface area contributed by atoms with Crippen LogP contribution in [0.2, 0.25) is 0 Å². The Labute approximate surface area is 234 Å². The molecule has 2 fully saturated rings. The number of alkyl halides is 3. The topological polar surface area (TPSA) is 103 Å². The SMILES string of the molecule is CCC1(CC)CN(Cc2ccc(C(F)(F)F)nc2)CC[C@]1(O)c1ccc2c(c1F)CN(C1CCC(=O)NC1=O)C2=O. The van der Waals surface area contributed by atoms with Gasteiger partial charge in [0, 0.05) is 54.4 Å². The number of likely N-dealkylation sites (tertiary alicyclic amines) is 1. The Hall–Kier alpha value is -3.38. The van der Waals surface area contributed by atoms with Crippen molar-refractivity contribution in [1.82, 2.24) is 20.1 Å². The van der Waals surface area contributed by atoms with Crippen molar-refractivity contribution in [3.05, 3.63) is 64.2 Å². The average Bonchev–Trinajstić information content (AvgIpc) is 3.26. The van der Waals surface area contributed by atoms with Crippen LogP contribution in [0.15, 0.2) is 30.5 Å². The fraction of sp³-hybridized carbons (Fsp3) is 0.517. The van der Waals surface area contributed by atoms with E-state index in [1.54, 1.807) is 0 Å². The summed E-state index contributed by atoms with van der Waals surface area (Å²) in [4.78, 5) is 44.0. The first-order valence-corrected chi connectivity index (χ1v) is 13.8. The number of aliphatic hydroxyl groups is 1. The van der Waals surface area contributed by atoms with Crippen molar-refractivity contribution in [1.29, 1.82) is 0 Å². The number of carbonyl (C=O) groups is 3. The number of rotatable bonds is 6. The van der Waals surface area contributed by atoms with E-state index < -0.39 is 52.5 Å². The van der Waals surface area contributed by atoms with Gasteiger partial charge in [-0.3, -0.25) is 29.6 Å². The van der Waals surface area contributed by atoms with Crippen LogP contribution in [0.1, 0.15) is 78.7 Å². The van der Waals surface area contributed by atoms with Gasteiger partial charge in [0.15, 0.2) is 0 Å². The van der Waals surface area contributed by atoms with Crippen molar-refractivity contribution < 1.29 is 37.1 Å². The van der Waals surface area contributed by atoms with E-state index in [1.165, 1.54) is 29.3 Å². The number of halogens is 4. The van der Waals surface area contributed by atoms with Gasteiger partial charge in [0.05, 0.1) is 6.54 Å². The third-order valence-corrected chi connectivity index (χ3v) is 9.16. The monoisotopic (exact) mass is 576 g/mol. The number of nitrogens with zero attached hydrogens (tertiary/aromatic N) is 3. The number of amides is 3. The smallest absolute Gasteiger partial charge is 0.384 e. The van der Waals surface area contributed by atoms with Crippen molar-refractivity contribution >= 4 is 17.7 Å². The first-order chi connectivity index (χ1) is 19.3. The van der Waals surface area contributed by atoms with E-state index in [9.17, 15) is 32.7 Å². The molecule has 2 saturated heterocycles. The van der Waals surface area contributed by atoms with E-state index in [0.717, 1.165) is 6.07 Å². The fourth-order valence-electron chi connectivity index (χ4n) is 6.70. The molecule has 1 aromatic carbocycles. The lowest BCUT2D eigenvalue weighted by Crippen LogP contribution is -2.57. The van der Waals surface area contributed by atoms with Crippen molar-refractivity contribution in [3.63, 3.8) is 0 Å². The number of pyridine rings is 1. The van der Waals surface area contributed by atoms with Gasteiger partial charge in [-0.25, -0.2) is 4.39 Å². The predicted molar refractivity (Wildman–Crippen MR) is 138 cm³/mol. The highest BCUT2D eigenvalue weighted by atomic mass is 19.4. The van der Waals surface area contributed by atoms with Gasteiger partial charge in [-0.15, -0.1) is 0 Å². The largest absolute Gasteiger partial charge is 0.433 e. The summed E-state index contributed by atoms with van der Waals surface area (Å²) < 4.78 is 55.0. The molecular weight excluding hydrogens is 544 g/mol. The molecule has 8 nitrogen and oxygen atoms in total. The summed E-state index contributed by atoms with van der Waals surface area (Å²) in [7, 11) is 0. The van der Waals surface area contributed by atoms with Gasteiger partial charge in [-0.05, 0) is 43.4 Å². The molecule has 0 bridgehead atoms. The molecule has 0 saturated carbocycles. The maximum atomic E-state index is 16.3. The molecule has 0 aliphatic carbocycles. The number of hydrogen-bond donors (Lipinski definition) is 2. The summed E-state index contributed by atoms with van der Waals surface area (Å²) in [5.74, 6) is -2.18. The van der Waals surface area contributed by atoms with Crippen LogP contribution < -0.4 is 5.32 Å². The fourth-order valence-corrected chi connectivity index (χ4v) is 6.70. The highest BCUT2D eigenvalue weighted by Gasteiger charge is 2.54. The number of fused-ring (bicyclic) bond motifs is 1. The van der Waals surface area contributed by atoms with Crippen LogP contribution in [0.5, 0.6) is 0 Å². The molecular formula is C29H32F4N4O4. The third kappa shape index (κ3) is 4.90. The number of nitrogens with one attached hydrogen (secondary N) is 1. The highest BCUT2D eigenvalue weighted by molar-refractivity contribution is 6.05. The van der Waals surface area contributed by atoms with E-state index in [2.05, 4.69) is 10.3 Å². The molecule has 4 heterocycles. The van der Waals surface area contributed by atoms with Gasteiger partial charge in [0.2, 0.25) is 11.8 Å². The summed E-state index contributed by atoms with van der Waals surface area (Å²) in [5.41, 5.74) is -2.39. The number of benzene rings is 1. The Morgan fingerprint density at radius 3 is 2.46 bits per heavy atom. The number of imide groups is 1. The zero-order chi connectivity index (χ0) is 29.7. The molecule has 0 radical (unpaired) electrons. The Bertz CT molecular complexity index is 1380. The molecule has 3 amide bonds. The second-order valence-electron chi connectivity index (χ2n) is 11.2. The molecule has 0 spiro atoms. The highest BCUT2D eigenvalue weighted by Crippen LogP contribution is 2.52. The minimum absolute atomic E-state index is 0.0819. The van der Waals surface area contributed by atoms with Crippen LogP contribution >= 0.6 is 0 Å². The number of carbonyl (C=O) groups excluding carboxylic acids is 3. The first kappa shape index (κ1) is 29.1. The molecule has 3 aliphatic rings. The van der Waals surface area contributed by atoms with Crippen LogP contribution in [0.4, 0.5) is 17.6 Å². The third-order valence-electron chi connectivity index (χ3n) is 9.16. The van der Waals surface area contributed by atoms with Crippen molar-refractivity contribution in [3.8, 4) is 0 Å². The second kappa shape index (κ2) is 10.5. The van der Waals surface area contributed by atoms with Crippen molar-refractivity contribution in [2.75, 3.05) is 13.1 Å². The normalized spacial score (nSPS) is 24.9. The first-order valence-electron chi connectivity index (χ1n) is 13.8. The molecule has 5 rings (SSSR count). The maximum Gasteiger partial charge on any atom is 0.433 e. The standard InChI is InChI=1S/C29H32F4N4O4/c1-3-27(4-2)16-36(14-17-5-9-22(34-13-17)29(31,32)33)12-11-28(27,41)20-7-6-18-19(24(20)30)15-37(26(18)40)21-8-10-23(38)35-25(21)39/h5-7,9,13,21,41H,3-4,8,10-12,14-16H2,1-2H3,(H,35,38,39)/t21?,28-/m0/s1. The number of piperidine rings is 2. The van der Waals surface area contributed by atoms with Crippen LogP contribution in [-0.2, 0) is 34.5 Å². The summed E-state index contributed by atoms with van der Waals surface area (Å²) in [6, 6.07) is 4.40. The van der Waals surface area contributed by atoms with Gasteiger partial charge >= 0.3 is 6.18 Å². The van der Waals surface area contributed by atoms with Gasteiger partial charge in [-0.1, -0.05) is 26.0 Å². The van der Waals surface area contributed by atoms with E-state index >= 15 is 4.39 Å². The molecule has 220 valence electrons. The number of aromatic nitrogens is 1. The van der Waals surface area contributed by atoms with E-state index in [-0.39, 0.29) is 42.5 Å². The van der Waals surface area contributed by atoms with Crippen molar-refractivity contribution in [2.45, 2.75) is 76.9 Å². The Morgan fingerprint density at radius 1 is 1.12 bits per heavy atom. The Balaban J connectivity index is 1.40. The zero-order valence-corrected chi connectivity index (χ0v) is 22.9. The van der Waals surface area contributed by atoms with Crippen LogP contribution in [-0.4, -0.2) is 56.7 Å². The Kier molecular flexibility index (Phi) is 7.44. The summed E-state index contributed by atoms with van der Waals surface area (Å²) in [6.07, 6.45) is -1.92. The lowest BCUT2D eigenvalue weighted by Gasteiger charge is -2.54. The minimum Gasteiger partial charge on any atom is -0.384 e. The molecule has 3 aliphatic heterocycles. The quantitative estimate of drug-likeness (QED) is 0.400. The predicted octanol–water partition coefficient (Wildman–Crippen LogP) is 3.90. The lowest BCUT2D eigenvalue weighted by molar-refractivity contribution is -0.150. The van der Waals surface area contributed by atoms with Crippen LogP contribution in [0.3, 0.4) is 0 Å². The van der Waals surface area contributed by atoms with E-state index in [0.29, 0.717) is 38.0 Å². The summed E-state index contributed by atoms with van der Waals surface area (Å²) in [6.45, 7) is 4.74. The van der Waals surface area contributed by atoms with Gasteiger partial charge in [-0.2, -0.15) is 13.2 Å². The van der Waals surface area contributed by atoms with Crippen molar-refractivity contribution in [2.24, 2.45) is 5.41 Å². The van der Waals surface area contributed by atoms with Crippen LogP contribution in [0, 0.1) is 11.2 Å². The molecule has 2 N–H and O–H groups in total. The molecule has 2 atom stereocenters. The summed E-state index contributed by atoms with van der Waals surface area (Å²) >= 11 is 0. The zero-order valence-electron chi connectivity index (χ0n) is 22.9. The lowest BCUT2D eigenvalue weighted by atomic mass is 9.61. The van der Waals surface area contributed by atoms with Gasteiger partial charge in [0.25, 0.3) is 5.91 Å². The molecule has 1 aromatic heterocycles. The minimum atomic E-state index is -4.52. The van der Waals surface area contributed by atoms with Crippen LogP contribution in [0.25, 0.3) is 0 Å². The average molecular weight is 577 g/mol. The second-order valence-corrected chi connectivity index (χ2v) is 11.2. The van der Waals surface area contributed by atoms with E-state index in [4.69, 9.17) is 0 Å². The molecule has 41 heavy (non-hydrogen) atoms. The van der Waals surface area contributed by atoms with Gasteiger partial charge in [0.1, 0.15) is 23.2 Å². The van der Waals surface area contributed by atoms with Gasteiger partial charge < -0.3 is 10.0 Å². The summed E-state index contributed by atoms with van der Waals surface area (Å²) in [5, 5.41) is 14.5. The molecule has 2 aromatic rings. The molecule has 12 heteroatoms. The maximum absolute atomic E-state index is 16.3. The molecule has 1 unspecified atom stereocenters. The number of hydrogen-bond acceptors (Lipinski definition) is 6.